The lowest BCUT2D eigenvalue weighted by atomic mass is 9.98. The van der Waals surface area contributed by atoms with E-state index in [2.05, 4.69) is 28.5 Å². The Bertz CT molecular complexity index is 687. The Morgan fingerprint density at radius 3 is 2.87 bits per heavy atom. The number of ether oxygens (including phenoxy) is 1. The minimum absolute atomic E-state index is 0.355. The number of hydrogen-bond acceptors (Lipinski definition) is 4. The van der Waals surface area contributed by atoms with Crippen LogP contribution in [0, 0.1) is 11.3 Å². The van der Waals surface area contributed by atoms with E-state index in [9.17, 15) is 0 Å². The molecular weight excluding hydrogens is 286 g/mol. The zero-order valence-corrected chi connectivity index (χ0v) is 13.2. The van der Waals surface area contributed by atoms with Crippen LogP contribution in [0.3, 0.4) is 0 Å². The summed E-state index contributed by atoms with van der Waals surface area (Å²) < 4.78 is 6.10. The molecule has 0 unspecified atom stereocenters. The Hall–Kier alpha value is -2.54. The van der Waals surface area contributed by atoms with Crippen LogP contribution in [-0.4, -0.2) is 11.1 Å². The number of rotatable bonds is 5. The third kappa shape index (κ3) is 4.23. The Labute approximate surface area is 137 Å². The molecule has 1 aromatic heterocycles. The summed E-state index contributed by atoms with van der Waals surface area (Å²) in [6.45, 7) is 0.619. The summed E-state index contributed by atoms with van der Waals surface area (Å²) in [7, 11) is 0. The number of hydrogen-bond donors (Lipinski definition) is 1. The first kappa shape index (κ1) is 15.4. The largest absolute Gasteiger partial charge is 0.490 e. The Morgan fingerprint density at radius 1 is 1.17 bits per heavy atom. The van der Waals surface area contributed by atoms with E-state index in [-0.39, 0.29) is 0 Å². The average Bonchev–Trinajstić information content (AvgIpc) is 2.61. The van der Waals surface area contributed by atoms with E-state index in [0.29, 0.717) is 24.0 Å². The number of anilines is 1. The molecule has 0 spiro atoms. The monoisotopic (exact) mass is 307 g/mol. The smallest absolute Gasteiger partial charge is 0.144 e. The van der Waals surface area contributed by atoms with Gasteiger partial charge in [-0.05, 0) is 55.5 Å². The fourth-order valence-corrected chi connectivity index (χ4v) is 2.93. The van der Waals surface area contributed by atoms with Gasteiger partial charge in [-0.1, -0.05) is 18.6 Å². The lowest BCUT2D eigenvalue weighted by molar-refractivity contribution is 0.155. The highest BCUT2D eigenvalue weighted by Gasteiger charge is 2.14. The van der Waals surface area contributed by atoms with Crippen molar-refractivity contribution in [2.24, 2.45) is 0 Å². The maximum Gasteiger partial charge on any atom is 0.144 e. The van der Waals surface area contributed by atoms with Gasteiger partial charge in [0.15, 0.2) is 0 Å². The molecule has 4 nitrogen and oxygen atoms in total. The topological polar surface area (TPSA) is 57.9 Å². The molecule has 0 atom stereocenters. The van der Waals surface area contributed by atoms with Crippen LogP contribution in [0.2, 0.25) is 0 Å². The second kappa shape index (κ2) is 7.64. The van der Waals surface area contributed by atoms with Gasteiger partial charge < -0.3 is 10.1 Å². The molecule has 1 heterocycles. The molecule has 0 saturated heterocycles. The minimum atomic E-state index is 0.355. The molecule has 2 aromatic rings. The second-order valence-corrected chi connectivity index (χ2v) is 5.89. The Morgan fingerprint density at radius 2 is 2.04 bits per heavy atom. The van der Waals surface area contributed by atoms with Gasteiger partial charge in [0.1, 0.15) is 17.6 Å². The minimum Gasteiger partial charge on any atom is -0.490 e. The number of benzene rings is 1. The summed E-state index contributed by atoms with van der Waals surface area (Å²) in [6, 6.07) is 13.8. The fraction of sp³-hybridized carbons (Fsp3) is 0.368. The SMILES string of the molecule is N#Cc1cccnc1NCc1cccc(OC2CCCCC2)c1. The quantitative estimate of drug-likeness (QED) is 0.896. The summed E-state index contributed by atoms with van der Waals surface area (Å²) in [4.78, 5) is 4.22. The number of nitrogens with one attached hydrogen (secondary N) is 1. The number of nitriles is 1. The maximum absolute atomic E-state index is 9.09. The van der Waals surface area contributed by atoms with Gasteiger partial charge >= 0.3 is 0 Å². The normalized spacial score (nSPS) is 14.9. The predicted octanol–water partition coefficient (Wildman–Crippen LogP) is 4.28. The van der Waals surface area contributed by atoms with E-state index in [4.69, 9.17) is 10.00 Å². The van der Waals surface area contributed by atoms with Crippen LogP contribution < -0.4 is 10.1 Å². The molecular formula is C19H21N3O. The lowest BCUT2D eigenvalue weighted by Gasteiger charge is -2.23. The second-order valence-electron chi connectivity index (χ2n) is 5.89. The van der Waals surface area contributed by atoms with Crippen molar-refractivity contribution in [2.45, 2.75) is 44.8 Å². The van der Waals surface area contributed by atoms with Crippen molar-refractivity contribution in [2.75, 3.05) is 5.32 Å². The van der Waals surface area contributed by atoms with Crippen molar-refractivity contribution < 1.29 is 4.74 Å². The van der Waals surface area contributed by atoms with Crippen molar-refractivity contribution >= 4 is 5.82 Å². The molecule has 1 saturated carbocycles. The van der Waals surface area contributed by atoms with Crippen LogP contribution in [-0.2, 0) is 6.54 Å². The van der Waals surface area contributed by atoms with Gasteiger partial charge in [0.05, 0.1) is 11.7 Å². The summed E-state index contributed by atoms with van der Waals surface area (Å²) in [5.74, 6) is 1.55. The molecule has 1 fully saturated rings. The molecule has 1 N–H and O–H groups in total. The van der Waals surface area contributed by atoms with Crippen LogP contribution in [0.4, 0.5) is 5.82 Å². The van der Waals surface area contributed by atoms with E-state index >= 15 is 0 Å². The van der Waals surface area contributed by atoms with Gasteiger partial charge in [-0.2, -0.15) is 5.26 Å². The first-order valence-corrected chi connectivity index (χ1v) is 8.20. The van der Waals surface area contributed by atoms with Crippen molar-refractivity contribution in [1.82, 2.24) is 4.98 Å². The molecule has 3 rings (SSSR count). The van der Waals surface area contributed by atoms with E-state index in [1.54, 1.807) is 18.3 Å². The molecule has 1 aliphatic carbocycles. The van der Waals surface area contributed by atoms with Crippen LogP contribution in [0.25, 0.3) is 0 Å². The highest BCUT2D eigenvalue weighted by Crippen LogP contribution is 2.24. The first-order chi connectivity index (χ1) is 11.3. The molecule has 0 bridgehead atoms. The van der Waals surface area contributed by atoms with Crippen LogP contribution in [0.1, 0.15) is 43.2 Å². The Kier molecular flexibility index (Phi) is 5.10. The van der Waals surface area contributed by atoms with Crippen LogP contribution in [0.5, 0.6) is 5.75 Å². The lowest BCUT2D eigenvalue weighted by Crippen LogP contribution is -2.19. The fourth-order valence-electron chi connectivity index (χ4n) is 2.93. The third-order valence-corrected chi connectivity index (χ3v) is 4.14. The highest BCUT2D eigenvalue weighted by atomic mass is 16.5. The molecule has 23 heavy (non-hydrogen) atoms. The molecule has 4 heteroatoms. The number of aromatic nitrogens is 1. The van der Waals surface area contributed by atoms with Crippen molar-refractivity contribution in [3.8, 4) is 11.8 Å². The van der Waals surface area contributed by atoms with Crippen LogP contribution in [0.15, 0.2) is 42.6 Å². The van der Waals surface area contributed by atoms with Crippen molar-refractivity contribution in [1.29, 1.82) is 5.26 Å². The van der Waals surface area contributed by atoms with Crippen LogP contribution >= 0.6 is 0 Å². The van der Waals surface area contributed by atoms with Gasteiger partial charge in [0, 0.05) is 12.7 Å². The van der Waals surface area contributed by atoms with Crippen molar-refractivity contribution in [3.63, 3.8) is 0 Å². The van der Waals surface area contributed by atoms with Gasteiger partial charge in [-0.15, -0.1) is 0 Å². The molecule has 1 aromatic carbocycles. The zero-order valence-electron chi connectivity index (χ0n) is 13.2. The summed E-state index contributed by atoms with van der Waals surface area (Å²) in [6.07, 6.45) is 8.21. The van der Waals surface area contributed by atoms with E-state index in [1.165, 1.54) is 19.3 Å². The molecule has 0 aliphatic heterocycles. The zero-order chi connectivity index (χ0) is 15.9. The Balaban J connectivity index is 1.62. The van der Waals surface area contributed by atoms with Gasteiger partial charge in [0.2, 0.25) is 0 Å². The molecule has 0 amide bonds. The molecule has 0 radical (unpaired) electrons. The van der Waals surface area contributed by atoms with E-state index in [1.807, 2.05) is 12.1 Å². The van der Waals surface area contributed by atoms with Gasteiger partial charge in [-0.3, -0.25) is 0 Å². The standard InChI is InChI=1S/C19H21N3O/c20-13-16-7-5-11-21-19(16)22-14-15-6-4-10-18(12-15)23-17-8-2-1-3-9-17/h4-7,10-12,17H,1-3,8-9,14H2,(H,21,22). The maximum atomic E-state index is 9.09. The highest BCUT2D eigenvalue weighted by molar-refractivity contribution is 5.51. The summed E-state index contributed by atoms with van der Waals surface area (Å²) in [5, 5.41) is 12.3. The van der Waals surface area contributed by atoms with E-state index < -0.39 is 0 Å². The summed E-state index contributed by atoms with van der Waals surface area (Å²) in [5.41, 5.74) is 1.68. The van der Waals surface area contributed by atoms with Gasteiger partial charge in [0.25, 0.3) is 0 Å². The molecule has 118 valence electrons. The number of nitrogens with zero attached hydrogens (tertiary/aromatic N) is 2. The summed E-state index contributed by atoms with van der Waals surface area (Å²) >= 11 is 0. The number of pyridine rings is 1. The average molecular weight is 307 g/mol. The molecule has 1 aliphatic rings. The first-order valence-electron chi connectivity index (χ1n) is 8.20. The van der Waals surface area contributed by atoms with E-state index in [0.717, 1.165) is 24.2 Å². The van der Waals surface area contributed by atoms with Gasteiger partial charge in [-0.25, -0.2) is 4.98 Å². The predicted molar refractivity (Wildman–Crippen MR) is 90.2 cm³/mol. The van der Waals surface area contributed by atoms with Crippen molar-refractivity contribution in [3.05, 3.63) is 53.7 Å². The third-order valence-electron chi connectivity index (χ3n) is 4.14.